The van der Waals surface area contributed by atoms with Crippen LogP contribution in [0.3, 0.4) is 0 Å². The second kappa shape index (κ2) is 8.02. The summed E-state index contributed by atoms with van der Waals surface area (Å²) in [7, 11) is -0.424. The number of hydrogen-bond acceptors (Lipinski definition) is 6. The largest absolute Gasteiger partial charge is 0.497 e. The van der Waals surface area contributed by atoms with Crippen LogP contribution in [-0.2, 0) is 30.1 Å². The van der Waals surface area contributed by atoms with Crippen LogP contribution < -0.4 is 4.74 Å². The van der Waals surface area contributed by atoms with Crippen LogP contribution in [0.5, 0.6) is 5.75 Å². The third kappa shape index (κ3) is 3.57. The Hall–Kier alpha value is -1.96. The molecule has 1 aromatic rings. The molecule has 1 aromatic carbocycles. The number of cyclic esters (lactones) is 2. The number of carbonyl (C=O) groups excluding carboxylic acids is 2. The third-order valence-electron chi connectivity index (χ3n) is 9.80. The highest BCUT2D eigenvalue weighted by atomic mass is 28.4. The molecule has 0 aromatic heterocycles. The first-order valence-corrected chi connectivity index (χ1v) is 16.0. The van der Waals surface area contributed by atoms with Gasteiger partial charge < -0.3 is 18.6 Å². The second-order valence-corrected chi connectivity index (χ2v) is 18.3. The van der Waals surface area contributed by atoms with Crippen molar-refractivity contribution in [2.24, 2.45) is 22.2 Å². The molecule has 7 heteroatoms. The minimum absolute atomic E-state index is 0.0441. The summed E-state index contributed by atoms with van der Waals surface area (Å²) in [5, 5.41) is 0.0441. The Morgan fingerprint density at radius 3 is 2.33 bits per heavy atom. The molecule has 0 radical (unpaired) electrons. The van der Waals surface area contributed by atoms with Crippen LogP contribution in [0.25, 0.3) is 0 Å². The molecule has 1 saturated carbocycles. The van der Waals surface area contributed by atoms with Gasteiger partial charge in [0.15, 0.2) is 8.32 Å². The maximum atomic E-state index is 13.2. The Morgan fingerprint density at radius 2 is 1.72 bits per heavy atom. The zero-order chi connectivity index (χ0) is 26.3. The minimum Gasteiger partial charge on any atom is -0.497 e. The highest BCUT2D eigenvalue weighted by molar-refractivity contribution is 6.74. The molecular formula is C29H40O6Si. The molecule has 1 aliphatic heterocycles. The van der Waals surface area contributed by atoms with Crippen molar-refractivity contribution in [2.75, 3.05) is 13.7 Å². The molecule has 4 atom stereocenters. The first kappa shape index (κ1) is 25.7. The van der Waals surface area contributed by atoms with Gasteiger partial charge >= 0.3 is 11.9 Å². The van der Waals surface area contributed by atoms with Crippen molar-refractivity contribution in [1.82, 2.24) is 0 Å². The van der Waals surface area contributed by atoms with Crippen LogP contribution in [-0.4, -0.2) is 40.1 Å². The summed E-state index contributed by atoms with van der Waals surface area (Å²) in [5.41, 5.74) is 1.88. The van der Waals surface area contributed by atoms with E-state index in [0.29, 0.717) is 26.1 Å². The monoisotopic (exact) mass is 512 g/mol. The molecule has 2 fully saturated rings. The van der Waals surface area contributed by atoms with E-state index in [0.717, 1.165) is 17.7 Å². The number of hydrogen-bond donors (Lipinski definition) is 0. The predicted molar refractivity (Wildman–Crippen MR) is 139 cm³/mol. The van der Waals surface area contributed by atoms with Crippen molar-refractivity contribution in [3.05, 3.63) is 41.0 Å². The van der Waals surface area contributed by atoms with Crippen molar-refractivity contribution in [3.63, 3.8) is 0 Å². The van der Waals surface area contributed by atoms with Crippen LogP contribution >= 0.6 is 0 Å². The Morgan fingerprint density at radius 1 is 1.06 bits per heavy atom. The maximum Gasteiger partial charge on any atom is 0.321 e. The summed E-state index contributed by atoms with van der Waals surface area (Å²) in [5.74, 6) is -0.0797. The summed E-state index contributed by atoms with van der Waals surface area (Å²) in [6, 6.07) is 7.92. The number of esters is 2. The van der Waals surface area contributed by atoms with E-state index < -0.39 is 19.1 Å². The number of allylic oxidation sites excluding steroid dienone is 1. The highest BCUT2D eigenvalue weighted by Gasteiger charge is 2.87. The van der Waals surface area contributed by atoms with Gasteiger partial charge in [-0.05, 0) is 66.1 Å². The lowest BCUT2D eigenvalue weighted by molar-refractivity contribution is -0.158. The van der Waals surface area contributed by atoms with E-state index in [1.807, 2.05) is 24.3 Å². The third-order valence-corrected chi connectivity index (χ3v) is 14.3. The van der Waals surface area contributed by atoms with E-state index in [9.17, 15) is 9.59 Å². The lowest BCUT2D eigenvalue weighted by Crippen LogP contribution is -2.46. The second-order valence-electron chi connectivity index (χ2n) is 13.5. The fourth-order valence-corrected chi connectivity index (χ4v) is 7.67. The topological polar surface area (TPSA) is 71.1 Å². The molecule has 0 amide bonds. The zero-order valence-corrected chi connectivity index (χ0v) is 23.9. The first-order valence-electron chi connectivity index (χ1n) is 13.1. The maximum absolute atomic E-state index is 13.2. The standard InChI is InChI=1S/C29H40O6Si/c1-26(2,3)36(7,8)34-16-21-22-19(14-28-17-29(21,28)25(31)35-24(28)30)13-27(4,5)23(22)33-15-18-9-11-20(32-6)12-10-18/h9-12,21,23H,13-17H2,1-8H3/t21-,23-,28+,29+/m0/s1. The lowest BCUT2D eigenvalue weighted by Gasteiger charge is -2.41. The highest BCUT2D eigenvalue weighted by Crippen LogP contribution is 2.80. The molecule has 6 nitrogen and oxygen atoms in total. The summed E-state index contributed by atoms with van der Waals surface area (Å²) in [6.07, 6.45) is 1.88. The molecule has 1 saturated heterocycles. The van der Waals surface area contributed by atoms with Crippen molar-refractivity contribution >= 4 is 20.3 Å². The number of methoxy groups -OCH3 is 1. The van der Waals surface area contributed by atoms with E-state index in [4.69, 9.17) is 18.6 Å². The van der Waals surface area contributed by atoms with E-state index in [-0.39, 0.29) is 34.4 Å². The fourth-order valence-electron chi connectivity index (χ4n) is 6.65. The SMILES string of the molecule is COc1ccc(CO[C@H]2C3=C(CC2(C)C)C[C@]24C[C@]2(C(=O)OC4=O)[C@H]3CO[Si](C)(C)C(C)(C)C)cc1. The normalized spacial score (nSPS) is 32.7. The lowest BCUT2D eigenvalue weighted by atomic mass is 9.70. The van der Waals surface area contributed by atoms with E-state index in [2.05, 4.69) is 47.7 Å². The van der Waals surface area contributed by atoms with Gasteiger partial charge in [0.2, 0.25) is 0 Å². The Bertz CT molecular complexity index is 1130. The summed E-state index contributed by atoms with van der Waals surface area (Å²) >= 11 is 0. The smallest absolute Gasteiger partial charge is 0.321 e. The van der Waals surface area contributed by atoms with Gasteiger partial charge in [0, 0.05) is 12.5 Å². The molecule has 0 unspecified atom stereocenters. The Kier molecular flexibility index (Phi) is 5.72. The van der Waals surface area contributed by atoms with Crippen LogP contribution in [0.2, 0.25) is 18.1 Å². The number of rotatable bonds is 7. The molecular weight excluding hydrogens is 472 g/mol. The van der Waals surface area contributed by atoms with Gasteiger partial charge in [-0.15, -0.1) is 0 Å². The van der Waals surface area contributed by atoms with E-state index in [1.165, 1.54) is 11.1 Å². The molecule has 1 heterocycles. The molecule has 0 N–H and O–H groups in total. The average Bonchev–Trinajstić information content (AvgIpc) is 3.35. The van der Waals surface area contributed by atoms with Gasteiger partial charge in [0.1, 0.15) is 5.75 Å². The number of benzene rings is 1. The van der Waals surface area contributed by atoms with Crippen molar-refractivity contribution in [3.8, 4) is 5.75 Å². The summed E-state index contributed by atoms with van der Waals surface area (Å²) < 4.78 is 24.0. The summed E-state index contributed by atoms with van der Waals surface area (Å²) in [4.78, 5) is 26.2. The molecule has 3 aliphatic carbocycles. The molecule has 4 aliphatic rings. The van der Waals surface area contributed by atoms with Gasteiger partial charge in [0.05, 0.1) is 30.7 Å². The van der Waals surface area contributed by atoms with E-state index in [1.54, 1.807) is 7.11 Å². The van der Waals surface area contributed by atoms with Gasteiger partial charge in [-0.1, -0.05) is 52.3 Å². The predicted octanol–water partition coefficient (Wildman–Crippen LogP) is 5.81. The van der Waals surface area contributed by atoms with Crippen LogP contribution in [0, 0.1) is 22.2 Å². The molecule has 196 valence electrons. The number of ether oxygens (including phenoxy) is 3. The first-order chi connectivity index (χ1) is 16.7. The fraction of sp³-hybridized carbons (Fsp3) is 0.655. The molecule has 0 bridgehead atoms. The van der Waals surface area contributed by atoms with Crippen molar-refractivity contribution < 1.29 is 28.2 Å². The minimum atomic E-state index is -2.08. The quantitative estimate of drug-likeness (QED) is 0.199. The van der Waals surface area contributed by atoms with E-state index >= 15 is 0 Å². The van der Waals surface area contributed by atoms with Crippen LogP contribution in [0.4, 0.5) is 0 Å². The molecule has 0 spiro atoms. The Balaban J connectivity index is 1.48. The molecule has 36 heavy (non-hydrogen) atoms. The zero-order valence-electron chi connectivity index (χ0n) is 22.9. The van der Waals surface area contributed by atoms with Crippen LogP contribution in [0.1, 0.15) is 59.4 Å². The van der Waals surface area contributed by atoms with Gasteiger partial charge in [-0.3, -0.25) is 9.59 Å². The number of carbonyl (C=O) groups is 2. The van der Waals surface area contributed by atoms with Crippen molar-refractivity contribution in [2.45, 2.75) is 84.7 Å². The van der Waals surface area contributed by atoms with Gasteiger partial charge in [0.25, 0.3) is 0 Å². The Labute approximate surface area is 215 Å². The average molecular weight is 513 g/mol. The molecule has 5 rings (SSSR count). The van der Waals surface area contributed by atoms with Gasteiger partial charge in [-0.2, -0.15) is 0 Å². The van der Waals surface area contributed by atoms with Crippen molar-refractivity contribution in [1.29, 1.82) is 0 Å². The van der Waals surface area contributed by atoms with Gasteiger partial charge in [-0.25, -0.2) is 0 Å². The van der Waals surface area contributed by atoms with Crippen LogP contribution in [0.15, 0.2) is 35.4 Å². The summed E-state index contributed by atoms with van der Waals surface area (Å²) in [6.45, 7) is 16.5.